The van der Waals surface area contributed by atoms with Crippen LogP contribution in [0.2, 0.25) is 0 Å². The van der Waals surface area contributed by atoms with Gasteiger partial charge in [-0.1, -0.05) is 17.3 Å². The number of non-ortho nitro benzene ring substituents is 1. The van der Waals surface area contributed by atoms with Crippen molar-refractivity contribution >= 4 is 11.4 Å². The summed E-state index contributed by atoms with van der Waals surface area (Å²) in [5.74, 6) is 1.17. The third kappa shape index (κ3) is 3.85. The molecule has 150 valence electrons. The summed E-state index contributed by atoms with van der Waals surface area (Å²) in [5.41, 5.74) is 0.354. The first-order valence-corrected chi connectivity index (χ1v) is 8.55. The quantitative estimate of drug-likeness (QED) is 0.320. The number of nitro groups is 2. The third-order valence-corrected chi connectivity index (χ3v) is 4.07. The molecule has 0 saturated heterocycles. The summed E-state index contributed by atoms with van der Waals surface area (Å²) in [6, 6.07) is 15.0. The first-order chi connectivity index (χ1) is 14.5. The summed E-state index contributed by atoms with van der Waals surface area (Å²) in [7, 11) is 0. The minimum Gasteiger partial charge on any atom is -0.479 e. The summed E-state index contributed by atoms with van der Waals surface area (Å²) in [6.45, 7) is -0.0335. The number of ether oxygens (including phenoxy) is 1. The number of benzene rings is 2. The zero-order chi connectivity index (χ0) is 21.1. The molecule has 2 aromatic heterocycles. The Balaban J connectivity index is 1.47. The molecule has 11 nitrogen and oxygen atoms in total. The number of furan rings is 1. The number of rotatable bonds is 7. The summed E-state index contributed by atoms with van der Waals surface area (Å²) < 4.78 is 16.3. The van der Waals surface area contributed by atoms with E-state index >= 15 is 0 Å². The highest BCUT2D eigenvalue weighted by molar-refractivity contribution is 5.59. The lowest BCUT2D eigenvalue weighted by atomic mass is 10.2. The van der Waals surface area contributed by atoms with Gasteiger partial charge in [0, 0.05) is 23.8 Å². The van der Waals surface area contributed by atoms with Crippen molar-refractivity contribution in [3.8, 4) is 28.8 Å². The Hall–Kier alpha value is -4.54. The van der Waals surface area contributed by atoms with E-state index < -0.39 is 9.85 Å². The van der Waals surface area contributed by atoms with Crippen LogP contribution in [0.5, 0.6) is 5.75 Å². The SMILES string of the molecule is O=[N+]([O-])c1ccc(-c2noc(-c3ccc(COc4ccccc4[N+](=O)[O-])o3)n2)cc1. The Labute approximate surface area is 167 Å². The van der Waals surface area contributed by atoms with E-state index in [4.69, 9.17) is 13.7 Å². The monoisotopic (exact) mass is 408 g/mol. The van der Waals surface area contributed by atoms with Gasteiger partial charge in [0.15, 0.2) is 11.5 Å². The number of hydrogen-bond donors (Lipinski definition) is 0. The van der Waals surface area contributed by atoms with Crippen LogP contribution in [0.3, 0.4) is 0 Å². The molecule has 0 spiro atoms. The largest absolute Gasteiger partial charge is 0.479 e. The Kier molecular flexibility index (Phi) is 4.91. The molecule has 2 aromatic carbocycles. The van der Waals surface area contributed by atoms with Crippen molar-refractivity contribution in [1.29, 1.82) is 0 Å². The van der Waals surface area contributed by atoms with E-state index in [1.807, 2.05) is 0 Å². The fourth-order valence-electron chi connectivity index (χ4n) is 2.62. The first-order valence-electron chi connectivity index (χ1n) is 8.55. The van der Waals surface area contributed by atoms with E-state index in [-0.39, 0.29) is 41.2 Å². The number of nitro benzene ring substituents is 2. The standard InChI is InChI=1S/C19H12N4O7/c24-22(25)13-7-5-12(6-8-13)18-20-19(30-21-18)17-10-9-14(29-17)11-28-16-4-2-1-3-15(16)23(26)27/h1-10H,11H2. The molecule has 0 fully saturated rings. The van der Waals surface area contributed by atoms with Crippen molar-refractivity contribution in [3.63, 3.8) is 0 Å². The van der Waals surface area contributed by atoms with Crippen LogP contribution in [0.4, 0.5) is 11.4 Å². The molecule has 0 saturated carbocycles. The van der Waals surface area contributed by atoms with Gasteiger partial charge in [-0.15, -0.1) is 0 Å². The van der Waals surface area contributed by atoms with Crippen molar-refractivity contribution in [1.82, 2.24) is 10.1 Å². The van der Waals surface area contributed by atoms with Crippen LogP contribution in [0, 0.1) is 20.2 Å². The normalized spacial score (nSPS) is 10.7. The molecule has 0 amide bonds. The molecule has 0 N–H and O–H groups in total. The topological polar surface area (TPSA) is 148 Å². The Bertz CT molecular complexity index is 1210. The number of para-hydroxylation sites is 2. The smallest absolute Gasteiger partial charge is 0.310 e. The van der Waals surface area contributed by atoms with Gasteiger partial charge in [0.05, 0.1) is 9.85 Å². The average molecular weight is 408 g/mol. The fourth-order valence-corrected chi connectivity index (χ4v) is 2.62. The highest BCUT2D eigenvalue weighted by atomic mass is 16.6. The maximum absolute atomic E-state index is 11.0. The van der Waals surface area contributed by atoms with E-state index in [1.165, 1.54) is 36.4 Å². The number of nitrogens with zero attached hydrogens (tertiary/aromatic N) is 4. The van der Waals surface area contributed by atoms with Gasteiger partial charge < -0.3 is 13.7 Å². The molecule has 0 atom stereocenters. The lowest BCUT2D eigenvalue weighted by molar-refractivity contribution is -0.386. The Morgan fingerprint density at radius 2 is 1.70 bits per heavy atom. The minimum atomic E-state index is -0.527. The highest BCUT2D eigenvalue weighted by Gasteiger charge is 2.17. The van der Waals surface area contributed by atoms with E-state index in [9.17, 15) is 20.2 Å². The third-order valence-electron chi connectivity index (χ3n) is 4.07. The van der Waals surface area contributed by atoms with Crippen molar-refractivity contribution in [2.45, 2.75) is 6.61 Å². The Morgan fingerprint density at radius 1 is 0.933 bits per heavy atom. The average Bonchev–Trinajstić information content (AvgIpc) is 3.42. The molecule has 4 rings (SSSR count). The van der Waals surface area contributed by atoms with Gasteiger partial charge in [0.1, 0.15) is 12.4 Å². The van der Waals surface area contributed by atoms with Gasteiger partial charge in [0.25, 0.3) is 11.6 Å². The molecule has 0 bridgehead atoms. The number of hydrogen-bond acceptors (Lipinski definition) is 9. The predicted molar refractivity (Wildman–Crippen MR) is 102 cm³/mol. The van der Waals surface area contributed by atoms with E-state index in [0.717, 1.165) is 0 Å². The van der Waals surface area contributed by atoms with E-state index in [2.05, 4.69) is 10.1 Å². The molecule has 0 radical (unpaired) electrons. The van der Waals surface area contributed by atoms with Gasteiger partial charge in [0.2, 0.25) is 5.82 Å². The van der Waals surface area contributed by atoms with Gasteiger partial charge in [-0.05, 0) is 30.3 Å². The number of aromatic nitrogens is 2. The molecular formula is C19H12N4O7. The summed E-state index contributed by atoms with van der Waals surface area (Å²) in [4.78, 5) is 25.0. The van der Waals surface area contributed by atoms with Crippen LogP contribution in [-0.2, 0) is 6.61 Å². The van der Waals surface area contributed by atoms with Crippen LogP contribution >= 0.6 is 0 Å². The van der Waals surface area contributed by atoms with Crippen molar-refractivity contribution < 1.29 is 23.5 Å². The predicted octanol–water partition coefficient (Wildman–Crippen LogP) is 4.39. The van der Waals surface area contributed by atoms with Crippen LogP contribution in [-0.4, -0.2) is 20.0 Å². The van der Waals surface area contributed by atoms with Gasteiger partial charge in [-0.2, -0.15) is 4.98 Å². The first kappa shape index (κ1) is 18.8. The molecule has 0 aliphatic rings. The minimum absolute atomic E-state index is 0.0335. The van der Waals surface area contributed by atoms with Crippen molar-refractivity contribution in [2.75, 3.05) is 0 Å². The van der Waals surface area contributed by atoms with Crippen molar-refractivity contribution in [3.05, 3.63) is 86.7 Å². The summed E-state index contributed by atoms with van der Waals surface area (Å²) in [6.07, 6.45) is 0. The van der Waals surface area contributed by atoms with E-state index in [1.54, 1.807) is 24.3 Å². The van der Waals surface area contributed by atoms with Gasteiger partial charge >= 0.3 is 5.69 Å². The van der Waals surface area contributed by atoms with Crippen LogP contribution in [0.1, 0.15) is 5.76 Å². The molecule has 30 heavy (non-hydrogen) atoms. The van der Waals surface area contributed by atoms with Crippen molar-refractivity contribution in [2.24, 2.45) is 0 Å². The fraction of sp³-hybridized carbons (Fsp3) is 0.0526. The second-order valence-electron chi connectivity index (χ2n) is 6.01. The molecule has 0 aliphatic carbocycles. The molecular weight excluding hydrogens is 396 g/mol. The molecule has 4 aromatic rings. The van der Waals surface area contributed by atoms with Crippen LogP contribution in [0.15, 0.2) is 69.6 Å². The molecule has 0 aliphatic heterocycles. The summed E-state index contributed by atoms with van der Waals surface area (Å²) in [5, 5.41) is 25.6. The lowest BCUT2D eigenvalue weighted by Crippen LogP contribution is -1.97. The second-order valence-corrected chi connectivity index (χ2v) is 6.01. The lowest BCUT2D eigenvalue weighted by Gasteiger charge is -2.04. The maximum Gasteiger partial charge on any atom is 0.310 e. The molecule has 0 unspecified atom stereocenters. The zero-order valence-corrected chi connectivity index (χ0v) is 15.1. The Morgan fingerprint density at radius 3 is 2.43 bits per heavy atom. The van der Waals surface area contributed by atoms with Gasteiger partial charge in [-0.3, -0.25) is 20.2 Å². The molecule has 11 heteroatoms. The van der Waals surface area contributed by atoms with E-state index in [0.29, 0.717) is 11.3 Å². The van der Waals surface area contributed by atoms with Crippen LogP contribution in [0.25, 0.3) is 23.0 Å². The van der Waals surface area contributed by atoms with Crippen LogP contribution < -0.4 is 4.74 Å². The second kappa shape index (κ2) is 7.83. The molecule has 2 heterocycles. The zero-order valence-electron chi connectivity index (χ0n) is 15.1. The highest BCUT2D eigenvalue weighted by Crippen LogP contribution is 2.28. The summed E-state index contributed by atoms with van der Waals surface area (Å²) >= 11 is 0. The maximum atomic E-state index is 11.0. The van der Waals surface area contributed by atoms with Gasteiger partial charge in [-0.25, -0.2) is 0 Å².